The summed E-state index contributed by atoms with van der Waals surface area (Å²) in [4.78, 5) is 14.7. The van der Waals surface area contributed by atoms with Gasteiger partial charge in [-0.15, -0.1) is 11.0 Å². The Morgan fingerprint density at radius 1 is 1.08 bits per heavy atom. The van der Waals surface area contributed by atoms with Crippen molar-refractivity contribution in [2.75, 3.05) is 20.3 Å². The van der Waals surface area contributed by atoms with Gasteiger partial charge in [0.1, 0.15) is 0 Å². The average Bonchev–Trinajstić information content (AvgIpc) is 3.15. The van der Waals surface area contributed by atoms with E-state index in [0.29, 0.717) is 33.6 Å². The number of nitrogens with zero attached hydrogens (tertiary/aromatic N) is 2. The van der Waals surface area contributed by atoms with Crippen LogP contribution in [-0.4, -0.2) is 44.7 Å². The maximum atomic E-state index is 13.1. The van der Waals surface area contributed by atoms with Crippen molar-refractivity contribution in [1.29, 1.82) is 0 Å². The van der Waals surface area contributed by atoms with E-state index in [1.165, 1.54) is 54.5 Å². The van der Waals surface area contributed by atoms with Crippen LogP contribution in [0, 0.1) is 0 Å². The topological polar surface area (TPSA) is 85.3 Å². The van der Waals surface area contributed by atoms with Crippen LogP contribution in [-0.2, 0) is 14.8 Å². The van der Waals surface area contributed by atoms with Crippen molar-refractivity contribution in [3.05, 3.63) is 70.6 Å². The second-order valence-corrected chi connectivity index (χ2v) is 11.3. The summed E-state index contributed by atoms with van der Waals surface area (Å²) in [5.74, 6) is 0.831. The fourth-order valence-corrected chi connectivity index (χ4v) is 5.88. The smallest absolute Gasteiger partial charge is 0.284 e. The van der Waals surface area contributed by atoms with Crippen molar-refractivity contribution >= 4 is 50.5 Å². The lowest BCUT2D eigenvalue weighted by Crippen LogP contribution is -2.29. The predicted molar refractivity (Wildman–Crippen MR) is 151 cm³/mol. The summed E-state index contributed by atoms with van der Waals surface area (Å²) in [6.45, 7) is 6.58. The Bertz CT molecular complexity index is 1270. The third-order valence-electron chi connectivity index (χ3n) is 5.50. The fraction of sp³-hybridized carbons (Fsp3) is 0.333. The van der Waals surface area contributed by atoms with Gasteiger partial charge in [-0.2, -0.15) is 8.42 Å². The number of carbonyl (C=O) groups is 1. The normalized spacial score (nSPS) is 16.0. The molecule has 0 saturated carbocycles. The molecule has 1 heterocycles. The molecule has 1 fully saturated rings. The number of hydrogen-bond acceptors (Lipinski definition) is 6. The van der Waals surface area contributed by atoms with E-state index in [-0.39, 0.29) is 22.5 Å². The van der Waals surface area contributed by atoms with Crippen LogP contribution in [0.4, 0.5) is 0 Å². The molecule has 7 nitrogen and oxygen atoms in total. The number of amides is 1. The van der Waals surface area contributed by atoms with E-state index in [1.54, 1.807) is 19.3 Å². The largest absolute Gasteiger partial charge is 0.493 e. The lowest BCUT2D eigenvalue weighted by Gasteiger charge is -2.12. The number of rotatable bonds is 13. The second kappa shape index (κ2) is 13.7. The van der Waals surface area contributed by atoms with E-state index in [9.17, 15) is 13.2 Å². The number of carbonyl (C=O) groups excluding carboxylic acids is 1. The minimum atomic E-state index is -4.05. The van der Waals surface area contributed by atoms with Crippen molar-refractivity contribution in [3.8, 4) is 11.5 Å². The first-order chi connectivity index (χ1) is 17.8. The van der Waals surface area contributed by atoms with Crippen LogP contribution in [0.25, 0.3) is 6.08 Å². The summed E-state index contributed by atoms with van der Waals surface area (Å²) < 4.78 is 41.0. The van der Waals surface area contributed by atoms with Crippen LogP contribution in [0.2, 0.25) is 5.02 Å². The van der Waals surface area contributed by atoms with E-state index in [2.05, 4.69) is 17.9 Å². The lowest BCUT2D eigenvalue weighted by molar-refractivity contribution is -0.121. The second-order valence-electron chi connectivity index (χ2n) is 8.29. The zero-order chi connectivity index (χ0) is 26.8. The number of methoxy groups -OCH3 is 1. The van der Waals surface area contributed by atoms with Crippen LogP contribution in [0.3, 0.4) is 0 Å². The van der Waals surface area contributed by atoms with Gasteiger partial charge in [0, 0.05) is 11.6 Å². The van der Waals surface area contributed by atoms with Crippen LogP contribution in [0.1, 0.15) is 44.6 Å². The first kappa shape index (κ1) is 28.8. The van der Waals surface area contributed by atoms with Gasteiger partial charge in [0.2, 0.25) is 0 Å². The number of thioether (sulfide) groups is 1. The Hall–Kier alpha value is -2.75. The quantitative estimate of drug-likeness (QED) is 0.156. The van der Waals surface area contributed by atoms with Gasteiger partial charge >= 0.3 is 0 Å². The number of unbranched alkanes of at least 4 members (excludes halogenated alkanes) is 4. The van der Waals surface area contributed by atoms with Gasteiger partial charge in [-0.3, -0.25) is 9.69 Å². The Kier molecular flexibility index (Phi) is 10.7. The van der Waals surface area contributed by atoms with Crippen LogP contribution < -0.4 is 9.47 Å². The van der Waals surface area contributed by atoms with E-state index < -0.39 is 10.0 Å². The Labute approximate surface area is 228 Å². The molecule has 1 aliphatic heterocycles. The predicted octanol–water partition coefficient (Wildman–Crippen LogP) is 6.55. The highest BCUT2D eigenvalue weighted by Gasteiger charge is 2.34. The van der Waals surface area contributed by atoms with Gasteiger partial charge in [-0.25, -0.2) is 0 Å². The molecule has 2 aromatic rings. The Balaban J connectivity index is 1.80. The van der Waals surface area contributed by atoms with Gasteiger partial charge < -0.3 is 9.47 Å². The third kappa shape index (κ3) is 7.87. The first-order valence-corrected chi connectivity index (χ1v) is 14.7. The SMILES string of the molecule is C=CCN1C(=O)/C(=C/c2ccc(OCCCCCCC)c(OC)c2)S/C1=N/S(=O)(=O)c1ccc(Cl)cc1. The van der Waals surface area contributed by atoms with Crippen LogP contribution in [0.5, 0.6) is 11.5 Å². The summed E-state index contributed by atoms with van der Waals surface area (Å²) >= 11 is 6.86. The highest BCUT2D eigenvalue weighted by Crippen LogP contribution is 2.35. The highest BCUT2D eigenvalue weighted by molar-refractivity contribution is 8.19. The number of benzene rings is 2. The molecular formula is C27H31ClN2O5S2. The average molecular weight is 563 g/mol. The molecule has 37 heavy (non-hydrogen) atoms. The molecule has 10 heteroatoms. The standard InChI is InChI=1S/C27H31ClN2O5S2/c1-4-6-7-8-9-17-35-23-15-10-20(18-24(23)34-3)19-25-26(31)30(16-5-2)27(36-25)29-37(32,33)22-13-11-21(28)12-14-22/h5,10-15,18-19H,2,4,6-9,16-17H2,1,3H3/b25-19-,29-27+. The molecule has 2 aromatic carbocycles. The van der Waals surface area contributed by atoms with Gasteiger partial charge in [0.15, 0.2) is 16.7 Å². The van der Waals surface area contributed by atoms with Crippen LogP contribution in [0.15, 0.2) is 69.3 Å². The number of amidine groups is 1. The molecule has 0 aliphatic carbocycles. The molecule has 198 valence electrons. The van der Waals surface area contributed by atoms with Gasteiger partial charge in [0.05, 0.1) is 23.5 Å². The van der Waals surface area contributed by atoms with Crippen molar-refractivity contribution in [3.63, 3.8) is 0 Å². The zero-order valence-electron chi connectivity index (χ0n) is 21.0. The summed E-state index contributed by atoms with van der Waals surface area (Å²) in [5, 5.41) is 0.468. The van der Waals surface area contributed by atoms with Crippen molar-refractivity contribution < 1.29 is 22.7 Å². The summed E-state index contributed by atoms with van der Waals surface area (Å²) in [6.07, 6.45) is 8.92. The number of halogens is 1. The van der Waals surface area contributed by atoms with Crippen molar-refractivity contribution in [2.45, 2.75) is 43.9 Å². The maximum absolute atomic E-state index is 13.1. The molecule has 1 aliphatic rings. The Morgan fingerprint density at radius 3 is 2.49 bits per heavy atom. The van der Waals surface area contributed by atoms with Gasteiger partial charge in [0.25, 0.3) is 15.9 Å². The molecule has 0 spiro atoms. The molecule has 1 amide bonds. The van der Waals surface area contributed by atoms with E-state index in [1.807, 2.05) is 12.1 Å². The molecule has 0 aromatic heterocycles. The summed E-state index contributed by atoms with van der Waals surface area (Å²) in [7, 11) is -2.48. The van der Waals surface area contributed by atoms with Crippen LogP contribution >= 0.6 is 23.4 Å². The summed E-state index contributed by atoms with van der Waals surface area (Å²) in [6, 6.07) is 11.1. The monoisotopic (exact) mass is 562 g/mol. The molecular weight excluding hydrogens is 532 g/mol. The minimum absolute atomic E-state index is 0.0147. The lowest BCUT2D eigenvalue weighted by atomic mass is 10.1. The van der Waals surface area contributed by atoms with E-state index >= 15 is 0 Å². The zero-order valence-corrected chi connectivity index (χ0v) is 23.4. The van der Waals surface area contributed by atoms with Gasteiger partial charge in [-0.05, 0) is 66.2 Å². The first-order valence-electron chi connectivity index (χ1n) is 12.0. The molecule has 1 saturated heterocycles. The molecule has 0 N–H and O–H groups in total. The van der Waals surface area contributed by atoms with Gasteiger partial charge in [-0.1, -0.05) is 56.4 Å². The van der Waals surface area contributed by atoms with Crippen molar-refractivity contribution in [1.82, 2.24) is 4.90 Å². The highest BCUT2D eigenvalue weighted by atomic mass is 35.5. The van der Waals surface area contributed by atoms with E-state index in [4.69, 9.17) is 21.1 Å². The summed E-state index contributed by atoms with van der Waals surface area (Å²) in [5.41, 5.74) is 0.711. The fourth-order valence-electron chi connectivity index (χ4n) is 3.56. The Morgan fingerprint density at radius 2 is 1.81 bits per heavy atom. The number of sulfonamides is 1. The molecule has 0 atom stereocenters. The number of hydrogen-bond donors (Lipinski definition) is 0. The van der Waals surface area contributed by atoms with E-state index in [0.717, 1.165) is 24.6 Å². The molecule has 0 unspecified atom stereocenters. The number of ether oxygens (including phenoxy) is 2. The third-order valence-corrected chi connectivity index (χ3v) is 8.16. The van der Waals surface area contributed by atoms with Crippen molar-refractivity contribution in [2.24, 2.45) is 4.40 Å². The molecule has 0 radical (unpaired) electrons. The molecule has 3 rings (SSSR count). The molecule has 0 bridgehead atoms. The minimum Gasteiger partial charge on any atom is -0.493 e. The maximum Gasteiger partial charge on any atom is 0.284 e.